The van der Waals surface area contributed by atoms with Gasteiger partial charge >= 0.3 is 10.1 Å². The Morgan fingerprint density at radius 2 is 1.73 bits per heavy atom. The molecule has 0 saturated carbocycles. The molecule has 3 amide bonds. The van der Waals surface area contributed by atoms with Crippen LogP contribution in [0.3, 0.4) is 0 Å². The zero-order valence-corrected chi connectivity index (χ0v) is 23.6. The van der Waals surface area contributed by atoms with Gasteiger partial charge in [-0.15, -0.1) is 0 Å². The minimum absolute atomic E-state index is 0.0163. The number of hydrogen-bond donors (Lipinski definition) is 1. The van der Waals surface area contributed by atoms with Crippen molar-refractivity contribution in [2.45, 2.75) is 11.8 Å². The average molecular weight is 603 g/mol. The van der Waals surface area contributed by atoms with E-state index < -0.39 is 21.3 Å². The molecule has 0 bridgehead atoms. The van der Waals surface area contributed by atoms with Gasteiger partial charge in [0.2, 0.25) is 5.91 Å². The third kappa shape index (κ3) is 6.76. The molecule has 1 heterocycles. The second-order valence-electron chi connectivity index (χ2n) is 8.23. The third-order valence-corrected chi connectivity index (χ3v) is 7.91. The van der Waals surface area contributed by atoms with E-state index in [4.69, 9.17) is 25.3 Å². The van der Waals surface area contributed by atoms with Gasteiger partial charge in [0.05, 0.1) is 23.6 Å². The van der Waals surface area contributed by atoms with Gasteiger partial charge in [-0.3, -0.25) is 19.3 Å². The molecule has 4 rings (SSSR count). The van der Waals surface area contributed by atoms with E-state index in [0.29, 0.717) is 28.2 Å². The van der Waals surface area contributed by atoms with Crippen molar-refractivity contribution in [3.63, 3.8) is 0 Å². The predicted octanol–water partition coefficient (Wildman–Crippen LogP) is 5.19. The van der Waals surface area contributed by atoms with Gasteiger partial charge < -0.3 is 19.0 Å². The molecule has 13 heteroatoms. The number of nitrogens with one attached hydrogen (secondary N) is 1. The molecule has 3 aromatic rings. The van der Waals surface area contributed by atoms with Crippen molar-refractivity contribution in [2.75, 3.05) is 25.6 Å². The van der Waals surface area contributed by atoms with Gasteiger partial charge in [0.1, 0.15) is 17.3 Å². The Hall–Kier alpha value is -4.00. The number of carbonyl (C=O) groups is 3. The summed E-state index contributed by atoms with van der Waals surface area (Å²) in [4.78, 5) is 37.8. The number of halogens is 1. The van der Waals surface area contributed by atoms with Crippen LogP contribution < -0.4 is 19.0 Å². The van der Waals surface area contributed by atoms with Crippen molar-refractivity contribution in [1.82, 2.24) is 4.90 Å². The largest absolute Gasteiger partial charge is 0.493 e. The van der Waals surface area contributed by atoms with Gasteiger partial charge in [-0.25, -0.2) is 0 Å². The molecular weight excluding hydrogens is 580 g/mol. The van der Waals surface area contributed by atoms with Crippen LogP contribution >= 0.6 is 23.4 Å². The quantitative estimate of drug-likeness (QED) is 0.246. The number of amides is 3. The number of ether oxygens (including phenoxy) is 2. The SMILES string of the molecule is COc1cccc(/C=C2\SC(=O)N(CCOc3ccccc3Cl)C2=O)c1OS(=O)(=O)c1ccc(NC(C)=O)cc1. The first kappa shape index (κ1) is 29.0. The zero-order valence-electron chi connectivity index (χ0n) is 21.3. The van der Waals surface area contributed by atoms with Crippen LogP contribution in [0.25, 0.3) is 6.08 Å². The summed E-state index contributed by atoms with van der Waals surface area (Å²) in [5.41, 5.74) is 0.619. The molecule has 1 aliphatic rings. The Morgan fingerprint density at radius 1 is 1.02 bits per heavy atom. The molecule has 1 saturated heterocycles. The summed E-state index contributed by atoms with van der Waals surface area (Å²) in [6.45, 7) is 1.35. The molecule has 0 spiro atoms. The summed E-state index contributed by atoms with van der Waals surface area (Å²) in [5, 5.41) is 2.45. The van der Waals surface area contributed by atoms with E-state index in [1.54, 1.807) is 30.3 Å². The van der Waals surface area contributed by atoms with E-state index >= 15 is 0 Å². The van der Waals surface area contributed by atoms with E-state index in [2.05, 4.69) is 5.32 Å². The van der Waals surface area contributed by atoms with Gasteiger partial charge in [0, 0.05) is 18.2 Å². The van der Waals surface area contributed by atoms with Crippen LogP contribution in [0, 0.1) is 0 Å². The van der Waals surface area contributed by atoms with Gasteiger partial charge in [-0.05, 0) is 60.3 Å². The molecule has 1 aliphatic heterocycles. The first-order chi connectivity index (χ1) is 19.1. The van der Waals surface area contributed by atoms with Gasteiger partial charge in [0.15, 0.2) is 11.5 Å². The summed E-state index contributed by atoms with van der Waals surface area (Å²) < 4.78 is 42.5. The Kier molecular flexibility index (Phi) is 9.03. The number of methoxy groups -OCH3 is 1. The number of benzene rings is 3. The topological polar surface area (TPSA) is 128 Å². The van der Waals surface area contributed by atoms with Crippen LogP contribution in [-0.2, 0) is 19.7 Å². The molecule has 10 nitrogen and oxygen atoms in total. The summed E-state index contributed by atoms with van der Waals surface area (Å²) in [6, 6.07) is 16.9. The number of imide groups is 1. The standard InChI is InChI=1S/C27H23ClN2O8S2/c1-17(31)29-19-10-12-20(13-11-19)40(34,35)38-25-18(6-5-9-23(25)36-2)16-24-26(32)30(27(33)39-24)14-15-37-22-8-4-3-7-21(22)28/h3-13,16H,14-15H2,1-2H3,(H,29,31)/b24-16-. The van der Waals surface area contributed by atoms with Crippen LogP contribution in [0.2, 0.25) is 5.02 Å². The first-order valence-corrected chi connectivity index (χ1v) is 14.3. The molecule has 0 atom stereocenters. The third-order valence-electron chi connectivity index (χ3n) is 5.45. The Morgan fingerprint density at radius 3 is 2.40 bits per heavy atom. The average Bonchev–Trinajstić information content (AvgIpc) is 3.18. The minimum atomic E-state index is -4.34. The monoisotopic (exact) mass is 602 g/mol. The number of carbonyl (C=O) groups excluding carboxylic acids is 3. The van der Waals surface area contributed by atoms with Crippen LogP contribution in [0.4, 0.5) is 10.5 Å². The van der Waals surface area contributed by atoms with Crippen LogP contribution in [0.5, 0.6) is 17.2 Å². The number of thioether (sulfide) groups is 1. The lowest BCUT2D eigenvalue weighted by Crippen LogP contribution is -2.32. The number of anilines is 1. The fourth-order valence-corrected chi connectivity index (χ4v) is 5.61. The van der Waals surface area contributed by atoms with E-state index in [1.807, 2.05) is 0 Å². The lowest BCUT2D eigenvalue weighted by atomic mass is 10.1. The highest BCUT2D eigenvalue weighted by atomic mass is 35.5. The number of hydrogen-bond acceptors (Lipinski definition) is 9. The Bertz CT molecular complexity index is 1590. The van der Waals surface area contributed by atoms with Crippen molar-refractivity contribution in [3.8, 4) is 17.2 Å². The second kappa shape index (κ2) is 12.5. The predicted molar refractivity (Wildman–Crippen MR) is 151 cm³/mol. The van der Waals surface area contributed by atoms with Crippen molar-refractivity contribution in [3.05, 3.63) is 82.2 Å². The molecule has 0 unspecified atom stereocenters. The van der Waals surface area contributed by atoms with Crippen LogP contribution in [-0.4, -0.2) is 50.6 Å². The van der Waals surface area contributed by atoms with E-state index in [9.17, 15) is 22.8 Å². The lowest BCUT2D eigenvalue weighted by molar-refractivity contribution is -0.123. The maximum atomic E-state index is 13.1. The summed E-state index contributed by atoms with van der Waals surface area (Å²) in [6.07, 6.45) is 1.37. The Balaban J connectivity index is 1.54. The van der Waals surface area contributed by atoms with E-state index in [0.717, 1.165) is 4.90 Å². The van der Waals surface area contributed by atoms with Crippen LogP contribution in [0.1, 0.15) is 12.5 Å². The highest BCUT2D eigenvalue weighted by Gasteiger charge is 2.35. The first-order valence-electron chi connectivity index (χ1n) is 11.7. The molecular formula is C27H23ClN2O8S2. The number of nitrogens with zero attached hydrogens (tertiary/aromatic N) is 1. The number of para-hydroxylation sites is 2. The summed E-state index contributed by atoms with van der Waals surface area (Å²) in [5.74, 6) is -0.508. The number of rotatable bonds is 10. The molecule has 208 valence electrons. The molecule has 0 aliphatic carbocycles. The molecule has 0 radical (unpaired) electrons. The van der Waals surface area contributed by atoms with Crippen molar-refractivity contribution < 1.29 is 36.5 Å². The maximum absolute atomic E-state index is 13.1. The van der Waals surface area contributed by atoms with Crippen molar-refractivity contribution >= 4 is 62.3 Å². The van der Waals surface area contributed by atoms with Gasteiger partial charge in [-0.2, -0.15) is 8.42 Å². The fourth-order valence-electron chi connectivity index (χ4n) is 3.61. The highest BCUT2D eigenvalue weighted by molar-refractivity contribution is 8.18. The summed E-state index contributed by atoms with van der Waals surface area (Å²) >= 11 is 6.78. The molecule has 0 aromatic heterocycles. The molecule has 1 N–H and O–H groups in total. The van der Waals surface area contributed by atoms with Gasteiger partial charge in [-0.1, -0.05) is 35.9 Å². The lowest BCUT2D eigenvalue weighted by Gasteiger charge is -2.14. The summed E-state index contributed by atoms with van der Waals surface area (Å²) in [7, 11) is -3.00. The van der Waals surface area contributed by atoms with Crippen LogP contribution in [0.15, 0.2) is 76.5 Å². The highest BCUT2D eigenvalue weighted by Crippen LogP contribution is 2.38. The van der Waals surface area contributed by atoms with E-state index in [1.165, 1.54) is 56.5 Å². The van der Waals surface area contributed by atoms with Gasteiger partial charge in [0.25, 0.3) is 11.1 Å². The van der Waals surface area contributed by atoms with E-state index in [-0.39, 0.29) is 45.9 Å². The maximum Gasteiger partial charge on any atom is 0.339 e. The second-order valence-corrected chi connectivity index (χ2v) is 11.2. The molecule has 1 fully saturated rings. The minimum Gasteiger partial charge on any atom is -0.493 e. The molecule has 3 aromatic carbocycles. The fraction of sp³-hybridized carbons (Fsp3) is 0.148. The molecule has 40 heavy (non-hydrogen) atoms. The van der Waals surface area contributed by atoms with Crippen molar-refractivity contribution in [2.24, 2.45) is 0 Å². The Labute approximate surface area is 240 Å². The zero-order chi connectivity index (χ0) is 28.9. The normalized spacial score (nSPS) is 14.4. The van der Waals surface area contributed by atoms with Crippen molar-refractivity contribution in [1.29, 1.82) is 0 Å². The smallest absolute Gasteiger partial charge is 0.339 e.